The van der Waals surface area contributed by atoms with E-state index < -0.39 is 17.4 Å². The largest absolute Gasteiger partial charge is 0.396 e. The first-order valence-corrected chi connectivity index (χ1v) is 5.42. The van der Waals surface area contributed by atoms with Crippen molar-refractivity contribution in [3.63, 3.8) is 0 Å². The van der Waals surface area contributed by atoms with E-state index in [0.717, 1.165) is 10.6 Å². The monoisotopic (exact) mass is 262 g/mol. The number of nitrogens with two attached hydrogens (primary N) is 1. The molecule has 0 aliphatic heterocycles. The number of carbonyl (C=O) groups excluding carboxylic acids is 1. The van der Waals surface area contributed by atoms with Crippen LogP contribution in [0.3, 0.4) is 0 Å². The maximum Gasteiger partial charge on any atom is 0.347 e. The fourth-order valence-corrected chi connectivity index (χ4v) is 1.48. The molecule has 98 valence electrons. The molecule has 6 nitrogen and oxygen atoms in total. The molecule has 2 aromatic rings. The van der Waals surface area contributed by atoms with Crippen LogP contribution in [-0.2, 0) is 11.3 Å². The summed E-state index contributed by atoms with van der Waals surface area (Å²) in [5.74, 6) is -0.984. The van der Waals surface area contributed by atoms with Crippen LogP contribution < -0.4 is 16.7 Å². The van der Waals surface area contributed by atoms with Gasteiger partial charge >= 0.3 is 5.69 Å². The average molecular weight is 262 g/mol. The van der Waals surface area contributed by atoms with E-state index in [1.165, 1.54) is 24.5 Å². The van der Waals surface area contributed by atoms with Gasteiger partial charge in [-0.05, 0) is 24.3 Å². The SMILES string of the molecule is Nc1cc(NC(=O)Cn2cccnc2=O)ccc1F. The minimum atomic E-state index is -0.554. The van der Waals surface area contributed by atoms with Gasteiger partial charge < -0.3 is 11.1 Å². The number of amides is 1. The fourth-order valence-electron chi connectivity index (χ4n) is 1.48. The Balaban J connectivity index is 2.08. The van der Waals surface area contributed by atoms with Crippen molar-refractivity contribution in [3.05, 3.63) is 53.0 Å². The molecule has 0 bridgehead atoms. The Morgan fingerprint density at radius 3 is 2.95 bits per heavy atom. The molecule has 0 unspecified atom stereocenters. The van der Waals surface area contributed by atoms with Crippen molar-refractivity contribution >= 4 is 17.3 Å². The molecule has 0 fully saturated rings. The van der Waals surface area contributed by atoms with E-state index in [-0.39, 0.29) is 12.2 Å². The summed E-state index contributed by atoms with van der Waals surface area (Å²) < 4.78 is 14.1. The number of anilines is 2. The highest BCUT2D eigenvalue weighted by Crippen LogP contribution is 2.16. The molecule has 1 amide bonds. The lowest BCUT2D eigenvalue weighted by molar-refractivity contribution is -0.116. The third-order valence-corrected chi connectivity index (χ3v) is 2.38. The van der Waals surface area contributed by atoms with E-state index in [4.69, 9.17) is 5.73 Å². The van der Waals surface area contributed by atoms with E-state index in [0.29, 0.717) is 5.69 Å². The van der Waals surface area contributed by atoms with Gasteiger partial charge in [-0.15, -0.1) is 0 Å². The van der Waals surface area contributed by atoms with Gasteiger partial charge in [0.25, 0.3) is 0 Å². The van der Waals surface area contributed by atoms with Gasteiger partial charge in [-0.1, -0.05) is 0 Å². The third kappa shape index (κ3) is 3.15. The summed E-state index contributed by atoms with van der Waals surface area (Å²) in [4.78, 5) is 26.5. The van der Waals surface area contributed by atoms with Crippen LogP contribution in [0.5, 0.6) is 0 Å². The average Bonchev–Trinajstić information content (AvgIpc) is 2.37. The molecule has 0 saturated heterocycles. The molecule has 19 heavy (non-hydrogen) atoms. The molecule has 0 spiro atoms. The zero-order valence-electron chi connectivity index (χ0n) is 9.84. The van der Waals surface area contributed by atoms with Crippen LogP contribution >= 0.6 is 0 Å². The summed E-state index contributed by atoms with van der Waals surface area (Å²) >= 11 is 0. The Bertz CT molecular complexity index is 669. The summed E-state index contributed by atoms with van der Waals surface area (Å²) in [6, 6.07) is 5.39. The minimum Gasteiger partial charge on any atom is -0.396 e. The number of halogens is 1. The second kappa shape index (κ2) is 5.30. The standard InChI is InChI=1S/C12H11FN4O2/c13-9-3-2-8(6-10(9)14)16-11(18)7-17-5-1-4-15-12(17)19/h1-6H,7,14H2,(H,16,18). The van der Waals surface area contributed by atoms with Crippen molar-refractivity contribution in [1.29, 1.82) is 0 Å². The van der Waals surface area contributed by atoms with Crippen LogP contribution in [0.4, 0.5) is 15.8 Å². The number of nitrogens with one attached hydrogen (secondary N) is 1. The summed E-state index contributed by atoms with van der Waals surface area (Å²) in [6.45, 7) is -0.177. The van der Waals surface area contributed by atoms with E-state index in [1.54, 1.807) is 6.07 Å². The Morgan fingerprint density at radius 2 is 2.26 bits per heavy atom. The first-order chi connectivity index (χ1) is 9.06. The van der Waals surface area contributed by atoms with E-state index in [9.17, 15) is 14.0 Å². The van der Waals surface area contributed by atoms with Gasteiger partial charge in [-0.2, -0.15) is 0 Å². The minimum absolute atomic E-state index is 0.0589. The van der Waals surface area contributed by atoms with Crippen molar-refractivity contribution < 1.29 is 9.18 Å². The number of hydrogen-bond donors (Lipinski definition) is 2. The number of aromatic nitrogens is 2. The first-order valence-electron chi connectivity index (χ1n) is 5.42. The fraction of sp³-hybridized carbons (Fsp3) is 0.0833. The molecule has 2 rings (SSSR count). The van der Waals surface area contributed by atoms with Gasteiger partial charge in [0.2, 0.25) is 5.91 Å². The molecule has 0 aliphatic rings. The number of carbonyl (C=O) groups is 1. The van der Waals surface area contributed by atoms with Crippen molar-refractivity contribution in [2.45, 2.75) is 6.54 Å². The maximum absolute atomic E-state index is 12.9. The molecule has 7 heteroatoms. The van der Waals surface area contributed by atoms with Crippen molar-refractivity contribution in [2.24, 2.45) is 0 Å². The Labute approximate surface area is 107 Å². The molecule has 1 heterocycles. The van der Waals surface area contributed by atoms with Gasteiger partial charge in [0.15, 0.2) is 0 Å². The van der Waals surface area contributed by atoms with E-state index in [2.05, 4.69) is 10.3 Å². The topological polar surface area (TPSA) is 90.0 Å². The molecule has 0 aliphatic carbocycles. The molecule has 0 radical (unpaired) electrons. The quantitative estimate of drug-likeness (QED) is 0.793. The summed E-state index contributed by atoms with van der Waals surface area (Å²) in [5, 5.41) is 2.51. The lowest BCUT2D eigenvalue weighted by atomic mass is 10.2. The Hall–Kier alpha value is -2.70. The normalized spacial score (nSPS) is 10.2. The number of nitrogen functional groups attached to an aromatic ring is 1. The predicted molar refractivity (Wildman–Crippen MR) is 67.9 cm³/mol. The van der Waals surface area contributed by atoms with E-state index in [1.807, 2.05) is 0 Å². The number of nitrogens with zero attached hydrogens (tertiary/aromatic N) is 2. The van der Waals surface area contributed by atoms with Gasteiger partial charge in [-0.3, -0.25) is 9.36 Å². The summed E-state index contributed by atoms with van der Waals surface area (Å²) in [5.41, 5.74) is 5.17. The van der Waals surface area contributed by atoms with Crippen molar-refractivity contribution in [2.75, 3.05) is 11.1 Å². The van der Waals surface area contributed by atoms with Crippen LogP contribution in [0.15, 0.2) is 41.5 Å². The van der Waals surface area contributed by atoms with Gasteiger partial charge in [0.1, 0.15) is 12.4 Å². The predicted octanol–water partition coefficient (Wildman–Crippen LogP) is 0.603. The van der Waals surface area contributed by atoms with Gasteiger partial charge in [0, 0.05) is 18.1 Å². The van der Waals surface area contributed by atoms with Gasteiger partial charge in [0.05, 0.1) is 5.69 Å². The number of rotatable bonds is 3. The Kier molecular flexibility index (Phi) is 3.56. The highest BCUT2D eigenvalue weighted by molar-refractivity contribution is 5.91. The molecule has 0 saturated carbocycles. The van der Waals surface area contributed by atoms with Crippen LogP contribution in [0, 0.1) is 5.82 Å². The lowest BCUT2D eigenvalue weighted by Gasteiger charge is -2.07. The molecule has 1 aromatic heterocycles. The first kappa shape index (κ1) is 12.7. The van der Waals surface area contributed by atoms with Crippen molar-refractivity contribution in [1.82, 2.24) is 9.55 Å². The molecule has 0 atom stereocenters. The molecule has 1 aromatic carbocycles. The summed E-state index contributed by atoms with van der Waals surface area (Å²) in [6.07, 6.45) is 2.80. The summed E-state index contributed by atoms with van der Waals surface area (Å²) in [7, 11) is 0. The van der Waals surface area contributed by atoms with Crippen LogP contribution in [0.1, 0.15) is 0 Å². The third-order valence-electron chi connectivity index (χ3n) is 2.38. The molecule has 3 N–H and O–H groups in total. The maximum atomic E-state index is 12.9. The smallest absolute Gasteiger partial charge is 0.347 e. The van der Waals surface area contributed by atoms with Crippen LogP contribution in [0.25, 0.3) is 0 Å². The van der Waals surface area contributed by atoms with Crippen molar-refractivity contribution in [3.8, 4) is 0 Å². The van der Waals surface area contributed by atoms with Crippen LogP contribution in [0.2, 0.25) is 0 Å². The van der Waals surface area contributed by atoms with E-state index >= 15 is 0 Å². The second-order valence-corrected chi connectivity index (χ2v) is 3.81. The Morgan fingerprint density at radius 1 is 1.47 bits per heavy atom. The number of hydrogen-bond acceptors (Lipinski definition) is 4. The van der Waals surface area contributed by atoms with Crippen LogP contribution in [-0.4, -0.2) is 15.5 Å². The second-order valence-electron chi connectivity index (χ2n) is 3.81. The molecular weight excluding hydrogens is 251 g/mol. The zero-order chi connectivity index (χ0) is 13.8. The number of benzene rings is 1. The van der Waals surface area contributed by atoms with Gasteiger partial charge in [-0.25, -0.2) is 14.2 Å². The highest BCUT2D eigenvalue weighted by Gasteiger charge is 2.06. The highest BCUT2D eigenvalue weighted by atomic mass is 19.1. The molecular formula is C12H11FN4O2. The lowest BCUT2D eigenvalue weighted by Crippen LogP contribution is -2.28. The zero-order valence-corrected chi connectivity index (χ0v) is 9.84.